The largest absolute Gasteiger partial charge is 0.354 e. The van der Waals surface area contributed by atoms with Crippen LogP contribution in [0.5, 0.6) is 0 Å². The third-order valence-electron chi connectivity index (χ3n) is 8.23. The number of anilines is 4. The first kappa shape index (κ1) is 35.0. The molecule has 5 aromatic carbocycles. The maximum absolute atomic E-state index is 4.86. The molecule has 0 spiro atoms. The van der Waals surface area contributed by atoms with Crippen molar-refractivity contribution < 1.29 is 0 Å². The predicted octanol–water partition coefficient (Wildman–Crippen LogP) is 13.1. The standard InChI is InChI=1S/C44H36N10/c1-31(33-17-21-37(22-18-33)49-39-11-3-5-13-41(39)51-53-43-15-7-9-29-45-43)47-35-25-27-36(28-26-35)48-32(2)34-19-23-38(24-20-34)50-40-12-4-6-14-42(40)52-54-44-16-8-10-30-46-44/h3-30,49-50H,1-2H3. The van der Waals surface area contributed by atoms with Gasteiger partial charge in [0, 0.05) is 35.2 Å². The lowest BCUT2D eigenvalue weighted by atomic mass is 10.1. The fourth-order valence-electron chi connectivity index (χ4n) is 5.39. The van der Waals surface area contributed by atoms with Gasteiger partial charge in [0.15, 0.2) is 11.6 Å². The molecular weight excluding hydrogens is 669 g/mol. The summed E-state index contributed by atoms with van der Waals surface area (Å²) >= 11 is 0. The van der Waals surface area contributed by atoms with Gasteiger partial charge < -0.3 is 10.6 Å². The molecule has 54 heavy (non-hydrogen) atoms. The molecule has 0 aliphatic rings. The summed E-state index contributed by atoms with van der Waals surface area (Å²) in [6, 6.07) is 50.9. The highest BCUT2D eigenvalue weighted by Gasteiger charge is 2.06. The number of hydrogen-bond donors (Lipinski definition) is 2. The number of para-hydroxylation sites is 2. The van der Waals surface area contributed by atoms with Crippen molar-refractivity contribution in [3.05, 3.63) is 181 Å². The quantitative estimate of drug-likeness (QED) is 0.0970. The van der Waals surface area contributed by atoms with Crippen molar-refractivity contribution in [2.75, 3.05) is 10.6 Å². The molecule has 2 aromatic heterocycles. The topological polar surface area (TPSA) is 124 Å². The molecule has 0 aliphatic heterocycles. The van der Waals surface area contributed by atoms with Crippen LogP contribution in [0.1, 0.15) is 25.0 Å². The van der Waals surface area contributed by atoms with E-state index in [0.717, 1.165) is 68.0 Å². The van der Waals surface area contributed by atoms with E-state index in [-0.39, 0.29) is 0 Å². The molecule has 2 N–H and O–H groups in total. The van der Waals surface area contributed by atoms with Crippen molar-refractivity contribution in [2.24, 2.45) is 30.4 Å². The van der Waals surface area contributed by atoms with E-state index < -0.39 is 0 Å². The van der Waals surface area contributed by atoms with Gasteiger partial charge in [-0.2, -0.15) is 0 Å². The van der Waals surface area contributed by atoms with Gasteiger partial charge in [-0.25, -0.2) is 9.97 Å². The van der Waals surface area contributed by atoms with Crippen molar-refractivity contribution in [1.82, 2.24) is 9.97 Å². The Kier molecular flexibility index (Phi) is 11.1. The maximum atomic E-state index is 4.86. The molecule has 7 rings (SSSR count). The number of rotatable bonds is 12. The zero-order valence-corrected chi connectivity index (χ0v) is 29.7. The number of hydrogen-bond acceptors (Lipinski definition) is 10. The Labute approximate surface area is 313 Å². The van der Waals surface area contributed by atoms with E-state index in [0.29, 0.717) is 11.6 Å². The van der Waals surface area contributed by atoms with Crippen LogP contribution in [0.2, 0.25) is 0 Å². The SMILES string of the molecule is CC(=Nc1ccc(N=C(C)c2ccc(Nc3ccccc3N=Nc3ccccn3)cc2)cc1)c1ccc(Nc2ccccc2N=Nc2ccccn2)cc1. The molecular formula is C44H36N10. The van der Waals surface area contributed by atoms with Crippen molar-refractivity contribution in [1.29, 1.82) is 0 Å². The molecule has 262 valence electrons. The van der Waals surface area contributed by atoms with Crippen LogP contribution in [0, 0.1) is 0 Å². The summed E-state index contributed by atoms with van der Waals surface area (Å²) in [5, 5.41) is 24.2. The molecule has 0 fully saturated rings. The molecule has 10 nitrogen and oxygen atoms in total. The maximum Gasteiger partial charge on any atom is 0.174 e. The number of aliphatic imine (C=N–C) groups is 2. The van der Waals surface area contributed by atoms with Crippen LogP contribution in [-0.2, 0) is 0 Å². The third-order valence-corrected chi connectivity index (χ3v) is 8.23. The van der Waals surface area contributed by atoms with Gasteiger partial charge in [0.25, 0.3) is 0 Å². The van der Waals surface area contributed by atoms with Crippen LogP contribution >= 0.6 is 0 Å². The molecule has 0 aliphatic carbocycles. The summed E-state index contributed by atoms with van der Waals surface area (Å²) in [5.41, 5.74) is 10.6. The van der Waals surface area contributed by atoms with Crippen LogP contribution in [0.4, 0.5) is 57.1 Å². The van der Waals surface area contributed by atoms with Crippen LogP contribution in [0.3, 0.4) is 0 Å². The Balaban J connectivity index is 0.961. The smallest absolute Gasteiger partial charge is 0.174 e. The Bertz CT molecular complexity index is 2250. The van der Waals surface area contributed by atoms with Gasteiger partial charge in [-0.05, 0) is 122 Å². The minimum absolute atomic E-state index is 0.556. The van der Waals surface area contributed by atoms with Crippen LogP contribution < -0.4 is 10.6 Å². The fraction of sp³-hybridized carbons (Fsp3) is 0.0455. The van der Waals surface area contributed by atoms with Crippen LogP contribution in [-0.4, -0.2) is 21.4 Å². The highest BCUT2D eigenvalue weighted by Crippen LogP contribution is 2.31. The zero-order valence-electron chi connectivity index (χ0n) is 29.7. The molecule has 0 saturated heterocycles. The van der Waals surface area contributed by atoms with Crippen LogP contribution in [0.15, 0.2) is 201 Å². The van der Waals surface area contributed by atoms with Gasteiger partial charge in [-0.3, -0.25) is 9.98 Å². The van der Waals surface area contributed by atoms with E-state index in [4.69, 9.17) is 9.98 Å². The molecule has 0 saturated carbocycles. The summed E-state index contributed by atoms with van der Waals surface area (Å²) in [5.74, 6) is 1.11. The Hall–Kier alpha value is -7.46. The second-order valence-electron chi connectivity index (χ2n) is 12.1. The summed E-state index contributed by atoms with van der Waals surface area (Å²) in [6.45, 7) is 4.02. The van der Waals surface area contributed by atoms with E-state index in [1.165, 1.54) is 0 Å². The first-order chi connectivity index (χ1) is 26.6. The molecule has 0 bridgehead atoms. The first-order valence-electron chi connectivity index (χ1n) is 17.3. The van der Waals surface area contributed by atoms with E-state index in [1.54, 1.807) is 12.4 Å². The highest BCUT2D eigenvalue weighted by atomic mass is 15.2. The molecule has 0 radical (unpaired) electrons. The highest BCUT2D eigenvalue weighted by molar-refractivity contribution is 6.01. The van der Waals surface area contributed by atoms with Crippen molar-refractivity contribution in [2.45, 2.75) is 13.8 Å². The summed E-state index contributed by atoms with van der Waals surface area (Å²) in [7, 11) is 0. The zero-order chi connectivity index (χ0) is 37.0. The fourth-order valence-corrected chi connectivity index (χ4v) is 5.39. The molecule has 0 unspecified atom stereocenters. The van der Waals surface area contributed by atoms with E-state index in [1.807, 2.05) is 147 Å². The van der Waals surface area contributed by atoms with E-state index >= 15 is 0 Å². The second-order valence-corrected chi connectivity index (χ2v) is 12.1. The summed E-state index contributed by atoms with van der Waals surface area (Å²) in [4.78, 5) is 18.1. The number of benzene rings is 5. The lowest BCUT2D eigenvalue weighted by Crippen LogP contribution is -1.96. The van der Waals surface area contributed by atoms with Gasteiger partial charge in [-0.15, -0.1) is 20.5 Å². The predicted molar refractivity (Wildman–Crippen MR) is 219 cm³/mol. The van der Waals surface area contributed by atoms with Gasteiger partial charge in [0.05, 0.1) is 22.7 Å². The van der Waals surface area contributed by atoms with Gasteiger partial charge in [-0.1, -0.05) is 60.7 Å². The summed E-state index contributed by atoms with van der Waals surface area (Å²) < 4.78 is 0. The third kappa shape index (κ3) is 9.45. The molecule has 7 aromatic rings. The van der Waals surface area contributed by atoms with Crippen molar-refractivity contribution >= 4 is 68.6 Å². The number of nitrogens with zero attached hydrogens (tertiary/aromatic N) is 8. The van der Waals surface area contributed by atoms with Crippen LogP contribution in [0.25, 0.3) is 0 Å². The average molecular weight is 705 g/mol. The van der Waals surface area contributed by atoms with Gasteiger partial charge in [0.2, 0.25) is 0 Å². The molecule has 2 heterocycles. The first-order valence-corrected chi connectivity index (χ1v) is 17.3. The van der Waals surface area contributed by atoms with E-state index in [2.05, 4.69) is 65.3 Å². The summed E-state index contributed by atoms with van der Waals surface area (Å²) in [6.07, 6.45) is 3.39. The number of nitrogens with one attached hydrogen (secondary N) is 2. The Morgan fingerprint density at radius 1 is 0.407 bits per heavy atom. The Morgan fingerprint density at radius 3 is 1.19 bits per heavy atom. The van der Waals surface area contributed by atoms with Crippen molar-refractivity contribution in [3.63, 3.8) is 0 Å². The minimum atomic E-state index is 0.556. The number of pyridine rings is 2. The van der Waals surface area contributed by atoms with Gasteiger partial charge >= 0.3 is 0 Å². The lowest BCUT2D eigenvalue weighted by molar-refractivity contribution is 1.15. The second kappa shape index (κ2) is 17.2. The normalized spacial score (nSPS) is 12.0. The molecule has 0 amide bonds. The monoisotopic (exact) mass is 704 g/mol. The number of azo groups is 2. The number of aromatic nitrogens is 2. The van der Waals surface area contributed by atoms with Crippen molar-refractivity contribution in [3.8, 4) is 0 Å². The molecule has 10 heteroatoms. The van der Waals surface area contributed by atoms with Gasteiger partial charge in [0.1, 0.15) is 11.4 Å². The molecule has 0 atom stereocenters. The average Bonchev–Trinajstić information content (AvgIpc) is 3.22. The Morgan fingerprint density at radius 2 is 0.796 bits per heavy atom. The minimum Gasteiger partial charge on any atom is -0.354 e. The van der Waals surface area contributed by atoms with E-state index in [9.17, 15) is 0 Å². The lowest BCUT2D eigenvalue weighted by Gasteiger charge is -2.10.